The van der Waals surface area contributed by atoms with E-state index >= 15 is 0 Å². The van der Waals surface area contributed by atoms with Gasteiger partial charge in [0, 0.05) is 36.1 Å². The molecule has 2 atom stereocenters. The van der Waals surface area contributed by atoms with Gasteiger partial charge < -0.3 is 14.4 Å². The zero-order valence-corrected chi connectivity index (χ0v) is 22.9. The summed E-state index contributed by atoms with van der Waals surface area (Å²) in [5, 5.41) is 4.22. The van der Waals surface area contributed by atoms with E-state index in [2.05, 4.69) is 20.8 Å². The van der Waals surface area contributed by atoms with Crippen LogP contribution in [0.15, 0.2) is 48.8 Å². The van der Waals surface area contributed by atoms with E-state index in [1.165, 1.54) is 0 Å². The zero-order valence-electron chi connectivity index (χ0n) is 20.0. The van der Waals surface area contributed by atoms with Gasteiger partial charge in [-0.05, 0) is 87.1 Å². The van der Waals surface area contributed by atoms with Gasteiger partial charge in [0.2, 0.25) is 0 Å². The molecule has 2 aromatic heterocycles. The number of nitrogens with zero attached hydrogens (tertiary/aromatic N) is 4. The standard InChI is InChI=1S/C12H14FN3.C6H4F2.C5H11NO2S.Na/c1-9-7-14-16-5-3-11(6-12(9)16)15-4-2-10(13)8-15;7-5-1-2-6(8)4-3-5;1-5(2,3)9(8)6-4-7;/h3,5-7,10H,2,4,8H2,1H3;1-4H;4H,1-3H3,(H,6,7);/q;;;+1/p-1. The largest absolute Gasteiger partial charge is 1.00 e. The molecule has 1 aromatic carbocycles. The van der Waals surface area contributed by atoms with Crippen LogP contribution in [0.4, 0.5) is 18.9 Å². The molecule has 0 bridgehead atoms. The molecule has 2 unspecified atom stereocenters. The van der Waals surface area contributed by atoms with E-state index in [0.29, 0.717) is 19.4 Å². The van der Waals surface area contributed by atoms with Crippen LogP contribution in [-0.4, -0.2) is 44.2 Å². The molecule has 3 heterocycles. The van der Waals surface area contributed by atoms with Crippen molar-refractivity contribution in [2.45, 2.75) is 45.0 Å². The van der Waals surface area contributed by atoms with Gasteiger partial charge in [-0.1, -0.05) is 0 Å². The first-order valence-electron chi connectivity index (χ1n) is 10.3. The fraction of sp³-hybridized carbons (Fsp3) is 0.391. The summed E-state index contributed by atoms with van der Waals surface area (Å²) in [6.07, 6.45) is 4.07. The Balaban J connectivity index is 0.000000277. The maximum absolute atomic E-state index is 13.1. The van der Waals surface area contributed by atoms with E-state index in [4.69, 9.17) is 0 Å². The van der Waals surface area contributed by atoms with Crippen LogP contribution >= 0.6 is 0 Å². The van der Waals surface area contributed by atoms with Crippen LogP contribution in [0, 0.1) is 18.6 Å². The van der Waals surface area contributed by atoms with E-state index in [-0.39, 0.29) is 29.6 Å². The number of carbonyl (C=O) groups is 1. The van der Waals surface area contributed by atoms with Gasteiger partial charge in [-0.25, -0.2) is 17.7 Å². The molecule has 1 aliphatic heterocycles. The number of benzene rings is 1. The number of anilines is 1. The van der Waals surface area contributed by atoms with Gasteiger partial charge in [-0.2, -0.15) is 5.10 Å². The van der Waals surface area contributed by atoms with Gasteiger partial charge in [-0.3, -0.25) is 4.21 Å². The number of rotatable bonds is 3. The number of fused-ring (bicyclic) bond motifs is 1. The minimum Gasteiger partial charge on any atom is -0.574 e. The molecule has 1 fully saturated rings. The van der Waals surface area contributed by atoms with Crippen molar-refractivity contribution in [3.8, 4) is 0 Å². The number of halogens is 3. The first-order valence-corrected chi connectivity index (χ1v) is 11.4. The number of alkyl halides is 1. The summed E-state index contributed by atoms with van der Waals surface area (Å²) in [5.41, 5.74) is 3.34. The fourth-order valence-corrected chi connectivity index (χ4v) is 3.26. The Kier molecular flexibility index (Phi) is 12.3. The van der Waals surface area contributed by atoms with Crippen LogP contribution in [0.2, 0.25) is 0 Å². The van der Waals surface area contributed by atoms with Crippen LogP contribution in [-0.2, 0) is 15.8 Å². The quantitative estimate of drug-likeness (QED) is 0.405. The van der Waals surface area contributed by atoms with Crippen molar-refractivity contribution < 1.29 is 51.7 Å². The van der Waals surface area contributed by atoms with Crippen LogP contribution in [0.25, 0.3) is 10.2 Å². The molecule has 1 amide bonds. The summed E-state index contributed by atoms with van der Waals surface area (Å²) in [7, 11) is -1.38. The molecule has 6 nitrogen and oxygen atoms in total. The molecular weight excluding hydrogens is 476 g/mol. The van der Waals surface area contributed by atoms with E-state index in [1.807, 2.05) is 29.9 Å². The predicted molar refractivity (Wildman–Crippen MR) is 125 cm³/mol. The average molecular weight is 505 g/mol. The number of carbonyl (C=O) groups excluding carboxylic acids is 1. The van der Waals surface area contributed by atoms with E-state index < -0.39 is 33.5 Å². The Hall–Kier alpha value is -1.88. The summed E-state index contributed by atoms with van der Waals surface area (Å²) in [4.78, 5) is 11.8. The number of amides is 1. The second kappa shape index (κ2) is 13.9. The second-order valence-corrected chi connectivity index (χ2v) is 10.3. The van der Waals surface area contributed by atoms with E-state index in [0.717, 1.165) is 47.6 Å². The molecule has 0 radical (unpaired) electrons. The van der Waals surface area contributed by atoms with Crippen molar-refractivity contribution >= 4 is 28.6 Å². The first kappa shape index (κ1) is 30.2. The summed E-state index contributed by atoms with van der Waals surface area (Å²) < 4.78 is 52.4. The Morgan fingerprint density at radius 3 is 2.18 bits per heavy atom. The van der Waals surface area contributed by atoms with Crippen molar-refractivity contribution in [2.75, 3.05) is 18.0 Å². The van der Waals surface area contributed by atoms with Gasteiger partial charge >= 0.3 is 29.6 Å². The van der Waals surface area contributed by atoms with Crippen molar-refractivity contribution in [2.24, 2.45) is 0 Å². The number of aromatic nitrogens is 2. The van der Waals surface area contributed by atoms with Crippen molar-refractivity contribution in [1.82, 2.24) is 9.61 Å². The third-order valence-electron chi connectivity index (χ3n) is 4.66. The molecule has 34 heavy (non-hydrogen) atoms. The summed E-state index contributed by atoms with van der Waals surface area (Å²) in [6.45, 7) is 8.64. The molecule has 0 saturated carbocycles. The van der Waals surface area contributed by atoms with Gasteiger partial charge in [0.15, 0.2) is 0 Å². The van der Waals surface area contributed by atoms with Crippen molar-refractivity contribution in [3.63, 3.8) is 0 Å². The molecule has 11 heteroatoms. The minimum atomic E-state index is -1.38. The number of aryl methyl sites for hydroxylation is 1. The maximum atomic E-state index is 13.1. The topological polar surface area (TPSA) is 68.8 Å². The summed E-state index contributed by atoms with van der Waals surface area (Å²) in [5.74, 6) is -0.821. The Labute approximate surface area is 222 Å². The van der Waals surface area contributed by atoms with Crippen LogP contribution in [0.3, 0.4) is 0 Å². The van der Waals surface area contributed by atoms with Crippen LogP contribution < -0.4 is 34.5 Å². The Bertz CT molecular complexity index is 1050. The molecule has 0 aliphatic carbocycles. The van der Waals surface area contributed by atoms with Gasteiger partial charge in [0.1, 0.15) is 17.8 Å². The number of hydrogen-bond donors (Lipinski definition) is 0. The van der Waals surface area contributed by atoms with Crippen molar-refractivity contribution in [1.29, 1.82) is 0 Å². The third kappa shape index (κ3) is 9.40. The molecule has 0 N–H and O–H groups in total. The SMILES string of the molecule is CC(C)(C)S(=O)[N-]C=O.Cc1cnn2ccc(N3CCC(F)C3)cc12.Fc1ccc(F)cc1.[Na+]. The summed E-state index contributed by atoms with van der Waals surface area (Å²) in [6, 6.07) is 8.40. The van der Waals surface area contributed by atoms with Gasteiger partial charge in [0.05, 0.1) is 11.7 Å². The van der Waals surface area contributed by atoms with E-state index in [9.17, 15) is 22.2 Å². The fourth-order valence-electron chi connectivity index (χ4n) is 2.87. The first-order chi connectivity index (χ1) is 15.5. The molecule has 1 saturated heterocycles. The molecule has 4 rings (SSSR count). The zero-order chi connectivity index (χ0) is 24.6. The average Bonchev–Trinajstić information content (AvgIpc) is 3.36. The van der Waals surface area contributed by atoms with Crippen LogP contribution in [0.1, 0.15) is 32.8 Å². The monoisotopic (exact) mass is 504 g/mol. The maximum Gasteiger partial charge on any atom is 1.00 e. The minimum absolute atomic E-state index is 0. The molecule has 3 aromatic rings. The van der Waals surface area contributed by atoms with Gasteiger partial charge in [-0.15, -0.1) is 0 Å². The van der Waals surface area contributed by atoms with Crippen LogP contribution in [0.5, 0.6) is 0 Å². The normalized spacial score (nSPS) is 15.9. The second-order valence-electron chi connectivity index (χ2n) is 8.38. The Morgan fingerprint density at radius 2 is 1.74 bits per heavy atom. The molecule has 180 valence electrons. The third-order valence-corrected chi connectivity index (χ3v) is 5.99. The molecular formula is C23H28F3N4NaO2S. The van der Waals surface area contributed by atoms with Crippen molar-refractivity contribution in [3.05, 3.63) is 70.7 Å². The smallest absolute Gasteiger partial charge is 0.574 e. The summed E-state index contributed by atoms with van der Waals surface area (Å²) >= 11 is 0. The predicted octanol–water partition coefficient (Wildman–Crippen LogP) is 2.14. The number of pyridine rings is 1. The number of hydrogen-bond acceptors (Lipinski definition) is 4. The van der Waals surface area contributed by atoms with E-state index in [1.54, 1.807) is 20.8 Å². The Morgan fingerprint density at radius 1 is 1.15 bits per heavy atom. The van der Waals surface area contributed by atoms with Gasteiger partial charge in [0.25, 0.3) is 0 Å². The molecule has 1 aliphatic rings. The molecule has 0 spiro atoms.